The minimum absolute atomic E-state index is 0.444. The molecule has 0 spiro atoms. The summed E-state index contributed by atoms with van der Waals surface area (Å²) in [5.41, 5.74) is 0.498. The van der Waals surface area contributed by atoms with Crippen LogP contribution in [0.25, 0.3) is 0 Å². The Morgan fingerprint density at radius 1 is 1.39 bits per heavy atom. The molecule has 1 aromatic rings. The van der Waals surface area contributed by atoms with Crippen LogP contribution in [0, 0.1) is 11.8 Å². The van der Waals surface area contributed by atoms with Crippen LogP contribution in [0.1, 0.15) is 30.1 Å². The van der Waals surface area contributed by atoms with Crippen molar-refractivity contribution in [2.45, 2.75) is 19.8 Å². The fraction of sp³-hybridized carbons (Fsp3) is 0.400. The third-order valence-electron chi connectivity index (χ3n) is 3.48. The molecule has 1 aliphatic rings. The van der Waals surface area contributed by atoms with E-state index in [0.29, 0.717) is 29.0 Å². The lowest BCUT2D eigenvalue weighted by Gasteiger charge is -2.25. The van der Waals surface area contributed by atoms with E-state index in [-0.39, 0.29) is 0 Å². The first-order valence-electron chi connectivity index (χ1n) is 6.23. The summed E-state index contributed by atoms with van der Waals surface area (Å²) in [6.45, 7) is 2.95. The predicted molar refractivity (Wildman–Crippen MR) is 73.4 cm³/mol. The van der Waals surface area contributed by atoms with E-state index in [9.17, 15) is 4.79 Å². The fourth-order valence-corrected chi connectivity index (χ4v) is 2.35. The standard InChI is InChI=1S/C15H17ClO2/c1-11-4-2-3-5-13(11)10-18-14-7-6-12(9-17)15(16)8-14/h2-3,6-9,11,13H,4-5,10H2,1H3. The van der Waals surface area contributed by atoms with E-state index in [1.54, 1.807) is 18.2 Å². The number of carbonyl (C=O) groups excluding carboxylic acids is 1. The number of halogens is 1. The van der Waals surface area contributed by atoms with Crippen molar-refractivity contribution >= 4 is 17.9 Å². The maximum atomic E-state index is 10.7. The van der Waals surface area contributed by atoms with Gasteiger partial charge in [0.25, 0.3) is 0 Å². The van der Waals surface area contributed by atoms with E-state index >= 15 is 0 Å². The van der Waals surface area contributed by atoms with Crippen LogP contribution in [0.3, 0.4) is 0 Å². The Kier molecular flexibility index (Phi) is 4.43. The minimum atomic E-state index is 0.444. The van der Waals surface area contributed by atoms with Crippen LogP contribution >= 0.6 is 11.6 Å². The molecule has 18 heavy (non-hydrogen) atoms. The number of allylic oxidation sites excluding steroid dienone is 2. The highest BCUT2D eigenvalue weighted by molar-refractivity contribution is 6.33. The van der Waals surface area contributed by atoms with Crippen LogP contribution in [0.2, 0.25) is 5.02 Å². The van der Waals surface area contributed by atoms with Gasteiger partial charge in [0.1, 0.15) is 5.75 Å². The topological polar surface area (TPSA) is 26.3 Å². The number of aldehydes is 1. The van der Waals surface area contributed by atoms with Gasteiger partial charge in [-0.25, -0.2) is 0 Å². The van der Waals surface area contributed by atoms with Gasteiger partial charge in [-0.3, -0.25) is 4.79 Å². The molecule has 2 atom stereocenters. The van der Waals surface area contributed by atoms with Crippen LogP contribution < -0.4 is 4.74 Å². The van der Waals surface area contributed by atoms with Crippen LogP contribution in [-0.2, 0) is 0 Å². The zero-order valence-electron chi connectivity index (χ0n) is 10.4. The average Bonchev–Trinajstić information content (AvgIpc) is 2.38. The summed E-state index contributed by atoms with van der Waals surface area (Å²) in [6, 6.07) is 5.18. The minimum Gasteiger partial charge on any atom is -0.493 e. The lowest BCUT2D eigenvalue weighted by molar-refractivity contribution is 0.112. The number of hydrogen-bond acceptors (Lipinski definition) is 2. The zero-order valence-corrected chi connectivity index (χ0v) is 11.2. The Hall–Kier alpha value is -1.28. The van der Waals surface area contributed by atoms with Gasteiger partial charge in [0.15, 0.2) is 6.29 Å². The average molecular weight is 265 g/mol. The summed E-state index contributed by atoms with van der Waals surface area (Å²) >= 11 is 5.96. The largest absolute Gasteiger partial charge is 0.493 e. The second kappa shape index (κ2) is 6.05. The normalized spacial score (nSPS) is 22.8. The van der Waals surface area contributed by atoms with Crippen molar-refractivity contribution in [3.63, 3.8) is 0 Å². The smallest absolute Gasteiger partial charge is 0.151 e. The monoisotopic (exact) mass is 264 g/mol. The molecule has 0 heterocycles. The van der Waals surface area contributed by atoms with Crippen LogP contribution in [0.15, 0.2) is 30.4 Å². The first-order valence-corrected chi connectivity index (χ1v) is 6.61. The Labute approximate surface area is 113 Å². The van der Waals surface area contributed by atoms with Crippen molar-refractivity contribution in [2.75, 3.05) is 6.61 Å². The molecule has 2 nitrogen and oxygen atoms in total. The van der Waals surface area contributed by atoms with Gasteiger partial charge < -0.3 is 4.74 Å². The molecule has 0 saturated carbocycles. The van der Waals surface area contributed by atoms with E-state index in [2.05, 4.69) is 19.1 Å². The summed E-state index contributed by atoms with van der Waals surface area (Å²) in [7, 11) is 0. The number of rotatable bonds is 4. The highest BCUT2D eigenvalue weighted by Crippen LogP contribution is 2.27. The molecule has 0 fully saturated rings. The van der Waals surface area contributed by atoms with E-state index in [0.717, 1.165) is 24.9 Å². The molecule has 96 valence electrons. The summed E-state index contributed by atoms with van der Waals surface area (Å²) in [4.78, 5) is 10.7. The second-order valence-electron chi connectivity index (χ2n) is 4.79. The summed E-state index contributed by atoms with van der Waals surface area (Å²) in [5.74, 6) is 1.94. The lowest BCUT2D eigenvalue weighted by atomic mass is 9.85. The number of hydrogen-bond donors (Lipinski definition) is 0. The van der Waals surface area contributed by atoms with Crippen LogP contribution in [0.4, 0.5) is 0 Å². The third kappa shape index (κ3) is 3.14. The molecule has 1 aliphatic carbocycles. The van der Waals surface area contributed by atoms with Gasteiger partial charge in [0.05, 0.1) is 11.6 Å². The van der Waals surface area contributed by atoms with Gasteiger partial charge in [0.2, 0.25) is 0 Å². The summed E-state index contributed by atoms with van der Waals surface area (Å²) < 4.78 is 5.76. The van der Waals surface area contributed by atoms with Crippen molar-refractivity contribution < 1.29 is 9.53 Å². The SMILES string of the molecule is CC1CC=CCC1COc1ccc(C=O)c(Cl)c1. The van der Waals surface area contributed by atoms with Crippen molar-refractivity contribution in [1.29, 1.82) is 0 Å². The van der Waals surface area contributed by atoms with Crippen molar-refractivity contribution in [2.24, 2.45) is 11.8 Å². The van der Waals surface area contributed by atoms with Gasteiger partial charge in [-0.1, -0.05) is 30.7 Å². The van der Waals surface area contributed by atoms with Crippen LogP contribution in [-0.4, -0.2) is 12.9 Å². The maximum Gasteiger partial charge on any atom is 0.151 e. The molecule has 2 rings (SSSR count). The number of carbonyl (C=O) groups is 1. The molecule has 0 amide bonds. The molecular weight excluding hydrogens is 248 g/mol. The summed E-state index contributed by atoms with van der Waals surface area (Å²) in [6.07, 6.45) is 7.40. The Balaban J connectivity index is 1.95. The quantitative estimate of drug-likeness (QED) is 0.604. The van der Waals surface area contributed by atoms with Gasteiger partial charge in [0, 0.05) is 5.56 Å². The van der Waals surface area contributed by atoms with Gasteiger partial charge in [-0.15, -0.1) is 0 Å². The highest BCUT2D eigenvalue weighted by atomic mass is 35.5. The maximum absolute atomic E-state index is 10.7. The number of benzene rings is 1. The first-order chi connectivity index (χ1) is 8.70. The Bertz CT molecular complexity index is 454. The molecule has 0 saturated heterocycles. The molecule has 2 unspecified atom stereocenters. The zero-order chi connectivity index (χ0) is 13.0. The Morgan fingerprint density at radius 3 is 2.83 bits per heavy atom. The molecular formula is C15H17ClO2. The first kappa shape index (κ1) is 13.2. The molecule has 1 aromatic carbocycles. The van der Waals surface area contributed by atoms with Crippen molar-refractivity contribution in [1.82, 2.24) is 0 Å². The molecule has 3 heteroatoms. The predicted octanol–water partition coefficient (Wildman–Crippen LogP) is 4.13. The van der Waals surface area contributed by atoms with Gasteiger partial charge in [-0.05, 0) is 42.9 Å². The fourth-order valence-electron chi connectivity index (χ4n) is 2.14. The van der Waals surface area contributed by atoms with E-state index in [4.69, 9.17) is 16.3 Å². The van der Waals surface area contributed by atoms with Gasteiger partial charge >= 0.3 is 0 Å². The molecule has 0 aromatic heterocycles. The van der Waals surface area contributed by atoms with E-state index in [1.807, 2.05) is 0 Å². The van der Waals surface area contributed by atoms with E-state index in [1.165, 1.54) is 0 Å². The molecule has 0 N–H and O–H groups in total. The molecule has 0 radical (unpaired) electrons. The van der Waals surface area contributed by atoms with Crippen molar-refractivity contribution in [3.05, 3.63) is 40.9 Å². The summed E-state index contributed by atoms with van der Waals surface area (Å²) in [5, 5.41) is 0.444. The van der Waals surface area contributed by atoms with Crippen molar-refractivity contribution in [3.8, 4) is 5.75 Å². The molecule has 0 aliphatic heterocycles. The highest BCUT2D eigenvalue weighted by Gasteiger charge is 2.18. The number of ether oxygens (including phenoxy) is 1. The van der Waals surface area contributed by atoms with Crippen LogP contribution in [0.5, 0.6) is 5.75 Å². The Morgan fingerprint density at radius 2 is 2.17 bits per heavy atom. The third-order valence-corrected chi connectivity index (χ3v) is 3.81. The van der Waals surface area contributed by atoms with E-state index < -0.39 is 0 Å². The second-order valence-corrected chi connectivity index (χ2v) is 5.20. The molecule has 0 bridgehead atoms. The lowest BCUT2D eigenvalue weighted by Crippen LogP contribution is -2.21. The van der Waals surface area contributed by atoms with Gasteiger partial charge in [-0.2, -0.15) is 0 Å².